The molecule has 0 aromatic heterocycles. The summed E-state index contributed by atoms with van der Waals surface area (Å²) < 4.78 is 5.16. The molecule has 11 heteroatoms. The Morgan fingerprint density at radius 1 is 1.00 bits per heavy atom. The van der Waals surface area contributed by atoms with Crippen molar-refractivity contribution < 1.29 is 33.8 Å². The Balaban J connectivity index is 1.95. The van der Waals surface area contributed by atoms with Crippen molar-refractivity contribution in [3.63, 3.8) is 0 Å². The van der Waals surface area contributed by atoms with Gasteiger partial charge < -0.3 is 25.8 Å². The van der Waals surface area contributed by atoms with Gasteiger partial charge in [0.25, 0.3) is 0 Å². The predicted molar refractivity (Wildman–Crippen MR) is 126 cm³/mol. The lowest BCUT2D eigenvalue weighted by atomic mass is 10.0. The van der Waals surface area contributed by atoms with Crippen LogP contribution in [0.15, 0.2) is 47.1 Å². The minimum Gasteiger partial charge on any atom is -0.481 e. The third-order valence-electron chi connectivity index (χ3n) is 5.10. The van der Waals surface area contributed by atoms with Gasteiger partial charge >= 0.3 is 12.1 Å². The molecule has 0 aliphatic carbocycles. The zero-order chi connectivity index (χ0) is 26.0. The number of carboxylic acids is 1. The van der Waals surface area contributed by atoms with E-state index in [9.17, 15) is 24.0 Å². The van der Waals surface area contributed by atoms with Gasteiger partial charge in [-0.1, -0.05) is 44.2 Å². The van der Waals surface area contributed by atoms with Crippen LogP contribution in [0.3, 0.4) is 0 Å². The molecule has 1 aromatic carbocycles. The number of amides is 3. The predicted octanol–water partition coefficient (Wildman–Crippen LogP) is 1.33. The van der Waals surface area contributed by atoms with Crippen LogP contribution in [-0.2, 0) is 30.5 Å². The van der Waals surface area contributed by atoms with Gasteiger partial charge in [0.1, 0.15) is 30.4 Å². The molecule has 0 saturated heterocycles. The largest absolute Gasteiger partial charge is 0.481 e. The average Bonchev–Trinajstić information content (AvgIpc) is 3.35. The molecule has 4 N–H and O–H groups in total. The van der Waals surface area contributed by atoms with Crippen molar-refractivity contribution in [1.82, 2.24) is 16.0 Å². The molecule has 0 unspecified atom stereocenters. The van der Waals surface area contributed by atoms with Crippen molar-refractivity contribution in [3.05, 3.63) is 47.7 Å². The minimum atomic E-state index is -1.34. The molecule has 1 aromatic rings. The summed E-state index contributed by atoms with van der Waals surface area (Å²) in [4.78, 5) is 65.2. The molecule has 188 valence electrons. The van der Waals surface area contributed by atoms with E-state index in [-0.39, 0.29) is 18.2 Å². The van der Waals surface area contributed by atoms with Gasteiger partial charge in [-0.25, -0.2) is 4.79 Å². The fourth-order valence-electron chi connectivity index (χ4n) is 3.19. The summed E-state index contributed by atoms with van der Waals surface area (Å²) in [6.07, 6.45) is 2.04. The van der Waals surface area contributed by atoms with Crippen molar-refractivity contribution in [3.8, 4) is 0 Å². The summed E-state index contributed by atoms with van der Waals surface area (Å²) in [5.41, 5.74) is 0.856. The molecule has 1 aliphatic rings. The molecular weight excluding hydrogens is 456 g/mol. The molecule has 0 radical (unpaired) electrons. The number of nitrogens with zero attached hydrogens (tertiary/aromatic N) is 1. The number of rotatable bonds is 12. The molecule has 1 aliphatic heterocycles. The van der Waals surface area contributed by atoms with Crippen LogP contribution in [0.4, 0.5) is 4.79 Å². The Morgan fingerprint density at radius 3 is 2.26 bits per heavy atom. The third kappa shape index (κ3) is 8.69. The first kappa shape index (κ1) is 27.2. The molecule has 35 heavy (non-hydrogen) atoms. The maximum absolute atomic E-state index is 12.8. The maximum Gasteiger partial charge on any atom is 0.408 e. The number of carboxylic acid groups (broad SMARTS) is 1. The lowest BCUT2D eigenvalue weighted by Gasteiger charge is -2.24. The van der Waals surface area contributed by atoms with Gasteiger partial charge in [-0.2, -0.15) is 0 Å². The molecule has 0 saturated carbocycles. The number of hydrogen-bond donors (Lipinski definition) is 4. The van der Waals surface area contributed by atoms with Gasteiger partial charge in [0.05, 0.1) is 6.42 Å². The van der Waals surface area contributed by atoms with Gasteiger partial charge in [0.15, 0.2) is 0 Å². The van der Waals surface area contributed by atoms with Gasteiger partial charge in [-0.3, -0.25) is 24.2 Å². The highest BCUT2D eigenvalue weighted by Crippen LogP contribution is 2.11. The molecule has 3 atom stereocenters. The van der Waals surface area contributed by atoms with Crippen LogP contribution >= 0.6 is 0 Å². The van der Waals surface area contributed by atoms with Gasteiger partial charge in [0, 0.05) is 12.6 Å². The maximum atomic E-state index is 12.8. The van der Waals surface area contributed by atoms with Gasteiger partial charge in [-0.05, 0) is 24.5 Å². The highest BCUT2D eigenvalue weighted by atomic mass is 16.5. The average molecular weight is 487 g/mol. The molecule has 11 nitrogen and oxygen atoms in total. The highest BCUT2D eigenvalue weighted by Gasteiger charge is 2.31. The van der Waals surface area contributed by atoms with Crippen molar-refractivity contribution >= 4 is 35.9 Å². The van der Waals surface area contributed by atoms with Crippen molar-refractivity contribution in [2.24, 2.45) is 10.9 Å². The number of aliphatic imine (C=N–C) groups is 1. The number of aliphatic carboxylic acids is 1. The summed E-state index contributed by atoms with van der Waals surface area (Å²) in [7, 11) is 0. The number of alkyl carbamates (subject to hydrolysis) is 1. The van der Waals surface area contributed by atoms with E-state index in [1.807, 2.05) is 6.07 Å². The van der Waals surface area contributed by atoms with Crippen LogP contribution in [0.2, 0.25) is 0 Å². The molecule has 2 rings (SSSR count). The van der Waals surface area contributed by atoms with Crippen molar-refractivity contribution in [2.45, 2.75) is 58.3 Å². The monoisotopic (exact) mass is 486 g/mol. The van der Waals surface area contributed by atoms with E-state index in [0.717, 1.165) is 5.56 Å². The van der Waals surface area contributed by atoms with Crippen LogP contribution in [0.25, 0.3) is 0 Å². The third-order valence-corrected chi connectivity index (χ3v) is 5.10. The minimum absolute atomic E-state index is 0.0252. The number of Topliss-reactive ketones (excluding diaryl/α,β-unsaturated/α-hetero) is 1. The first-order chi connectivity index (χ1) is 16.6. The Bertz CT molecular complexity index is 1000. The van der Waals surface area contributed by atoms with Crippen molar-refractivity contribution in [2.75, 3.05) is 0 Å². The fourth-order valence-corrected chi connectivity index (χ4v) is 3.19. The second-order valence-corrected chi connectivity index (χ2v) is 8.32. The lowest BCUT2D eigenvalue weighted by Crippen LogP contribution is -2.56. The quantitative estimate of drug-likeness (QED) is 0.346. The molecular formula is C24H30N4O7. The second kappa shape index (κ2) is 13.0. The number of carbonyl (C=O) groups excluding carboxylic acids is 4. The van der Waals surface area contributed by atoms with E-state index in [2.05, 4.69) is 20.9 Å². The van der Waals surface area contributed by atoms with E-state index in [4.69, 9.17) is 9.84 Å². The summed E-state index contributed by atoms with van der Waals surface area (Å²) in [6.45, 7) is 4.83. The summed E-state index contributed by atoms with van der Waals surface area (Å²) in [6, 6.07) is 5.57. The summed E-state index contributed by atoms with van der Waals surface area (Å²) in [5.74, 6) is -3.63. The normalized spacial score (nSPS) is 14.9. The number of carbonyl (C=O) groups is 5. The number of hydrogen-bond acceptors (Lipinski definition) is 7. The van der Waals surface area contributed by atoms with Crippen LogP contribution in [-0.4, -0.2) is 59.1 Å². The lowest BCUT2D eigenvalue weighted by molar-refractivity contribution is -0.140. The number of ether oxygens (including phenoxy) is 1. The Morgan fingerprint density at radius 2 is 1.69 bits per heavy atom. The number of allylic oxidation sites excluding steroid dienone is 1. The zero-order valence-electron chi connectivity index (χ0n) is 19.8. The standard InChI is InChI=1S/C24H30N4O7/c1-14(2)20(28-24(34)35-13-16-8-5-4-6-9-16)23(33)26-15(3)22(32)27-18(12-19(29)30)21(31)17-10-7-11-25-17/h4-6,8-11,14-15,18,20H,7,12-13H2,1-3H3,(H,26,33)(H,27,32)(H,28,34)(H,29,30)/t15-,18-,20-/m0/s1. The number of ketones is 1. The fraction of sp³-hybridized carbons (Fsp3) is 0.417. The molecule has 0 spiro atoms. The van der Waals surface area contributed by atoms with Crippen LogP contribution in [0, 0.1) is 5.92 Å². The van der Waals surface area contributed by atoms with Crippen LogP contribution in [0.1, 0.15) is 39.2 Å². The van der Waals surface area contributed by atoms with Crippen LogP contribution in [0.5, 0.6) is 0 Å². The smallest absolute Gasteiger partial charge is 0.408 e. The van der Waals surface area contributed by atoms with Gasteiger partial charge in [-0.15, -0.1) is 0 Å². The number of nitrogens with one attached hydrogen (secondary N) is 3. The molecule has 3 amide bonds. The number of benzene rings is 1. The first-order valence-electron chi connectivity index (χ1n) is 11.1. The van der Waals surface area contributed by atoms with E-state index in [1.54, 1.807) is 38.1 Å². The highest BCUT2D eigenvalue weighted by molar-refractivity contribution is 6.05. The Kier molecular flexibility index (Phi) is 10.1. The van der Waals surface area contributed by atoms with E-state index in [0.29, 0.717) is 6.42 Å². The molecule has 1 heterocycles. The topological polar surface area (TPSA) is 163 Å². The second-order valence-electron chi connectivity index (χ2n) is 8.32. The molecule has 0 bridgehead atoms. The van der Waals surface area contributed by atoms with Gasteiger partial charge in [0.2, 0.25) is 17.6 Å². The SMILES string of the molecule is CC(C)[C@H](NC(=O)OCc1ccccc1)C(=O)N[C@@H](C)C(=O)N[C@@H](CC(=O)O)C(=O)C1=CCC=N1. The summed E-state index contributed by atoms with van der Waals surface area (Å²) >= 11 is 0. The van der Waals surface area contributed by atoms with Crippen molar-refractivity contribution in [1.29, 1.82) is 0 Å². The van der Waals surface area contributed by atoms with Crippen LogP contribution < -0.4 is 16.0 Å². The zero-order valence-corrected chi connectivity index (χ0v) is 19.8. The van der Waals surface area contributed by atoms with E-state index < -0.39 is 54.2 Å². The summed E-state index contributed by atoms with van der Waals surface area (Å²) in [5, 5.41) is 16.5. The molecule has 0 fully saturated rings. The van der Waals surface area contributed by atoms with E-state index in [1.165, 1.54) is 19.2 Å². The Labute approximate surface area is 203 Å². The first-order valence-corrected chi connectivity index (χ1v) is 11.1. The Hall–Kier alpha value is -4.02. The van der Waals surface area contributed by atoms with E-state index >= 15 is 0 Å².